The van der Waals surface area contributed by atoms with Gasteiger partial charge in [0.05, 0.1) is 4.88 Å². The van der Waals surface area contributed by atoms with Gasteiger partial charge in [-0.15, -0.1) is 21.9 Å². The van der Waals surface area contributed by atoms with Gasteiger partial charge in [0.25, 0.3) is 0 Å². The third kappa shape index (κ3) is 1.12. The summed E-state index contributed by atoms with van der Waals surface area (Å²) in [6, 6.07) is 3.97. The summed E-state index contributed by atoms with van der Waals surface area (Å²) in [7, 11) is 0. The fraction of sp³-hybridized carbons (Fsp3) is 0. The first-order chi connectivity index (χ1) is 5.36. The van der Waals surface area contributed by atoms with Crippen molar-refractivity contribution < 1.29 is 0 Å². The van der Waals surface area contributed by atoms with Crippen LogP contribution >= 0.6 is 11.3 Å². The molecule has 1 aromatic rings. The molecule has 2 rings (SSSR count). The molecule has 0 aliphatic carbocycles. The number of nitrogens with two attached hydrogens (primary N) is 1. The SMILES string of the molecule is NC1=N[N]C(c2cccs2)=C1. The molecule has 55 valence electrons. The number of nitrogens with zero attached hydrogens (tertiary/aromatic N) is 2. The second-order valence-electron chi connectivity index (χ2n) is 2.13. The molecule has 1 aromatic heterocycles. The molecular weight excluding hydrogens is 158 g/mol. The molecule has 0 amide bonds. The van der Waals surface area contributed by atoms with Crippen molar-refractivity contribution in [1.29, 1.82) is 0 Å². The van der Waals surface area contributed by atoms with Crippen molar-refractivity contribution in [3.05, 3.63) is 28.5 Å². The van der Waals surface area contributed by atoms with Crippen LogP contribution in [0.5, 0.6) is 0 Å². The highest BCUT2D eigenvalue weighted by Gasteiger charge is 2.09. The van der Waals surface area contributed by atoms with Crippen LogP contribution in [0, 0.1) is 0 Å². The lowest BCUT2D eigenvalue weighted by atomic mass is 10.3. The molecule has 2 N–H and O–H groups in total. The first-order valence-corrected chi connectivity index (χ1v) is 4.04. The largest absolute Gasteiger partial charge is 0.382 e. The van der Waals surface area contributed by atoms with Crippen LogP contribution in [-0.2, 0) is 0 Å². The molecule has 2 heterocycles. The van der Waals surface area contributed by atoms with Gasteiger partial charge < -0.3 is 5.73 Å². The highest BCUT2D eigenvalue weighted by molar-refractivity contribution is 7.11. The summed E-state index contributed by atoms with van der Waals surface area (Å²) in [6.45, 7) is 0. The van der Waals surface area contributed by atoms with Crippen molar-refractivity contribution in [3.63, 3.8) is 0 Å². The van der Waals surface area contributed by atoms with Gasteiger partial charge in [-0.3, -0.25) is 0 Å². The third-order valence-electron chi connectivity index (χ3n) is 1.33. The lowest BCUT2D eigenvalue weighted by molar-refractivity contribution is 0.995. The molecule has 0 bridgehead atoms. The van der Waals surface area contributed by atoms with Crippen LogP contribution in [0.2, 0.25) is 0 Å². The fourth-order valence-corrected chi connectivity index (χ4v) is 1.54. The molecule has 0 unspecified atom stereocenters. The maximum Gasteiger partial charge on any atom is 0.148 e. The van der Waals surface area contributed by atoms with Gasteiger partial charge in [0.1, 0.15) is 11.5 Å². The van der Waals surface area contributed by atoms with Crippen LogP contribution in [0.1, 0.15) is 4.88 Å². The number of thiophene rings is 1. The minimum atomic E-state index is 0.480. The Hall–Kier alpha value is -1.29. The standard InChI is InChI=1S/C7H6N3S/c8-7-4-5(9-10-7)6-2-1-3-11-6/h1-4H,(H2,8,10). The van der Waals surface area contributed by atoms with Gasteiger partial charge in [0, 0.05) is 6.08 Å². The molecule has 0 saturated carbocycles. The zero-order valence-electron chi connectivity index (χ0n) is 5.69. The summed E-state index contributed by atoms with van der Waals surface area (Å²) < 4.78 is 0. The van der Waals surface area contributed by atoms with Crippen molar-refractivity contribution in [2.45, 2.75) is 0 Å². The van der Waals surface area contributed by atoms with Gasteiger partial charge in [0.2, 0.25) is 0 Å². The number of amidine groups is 1. The van der Waals surface area contributed by atoms with Gasteiger partial charge in [-0.05, 0) is 11.4 Å². The smallest absolute Gasteiger partial charge is 0.148 e. The van der Waals surface area contributed by atoms with E-state index in [1.54, 1.807) is 17.4 Å². The fourth-order valence-electron chi connectivity index (χ4n) is 0.854. The van der Waals surface area contributed by atoms with Crippen LogP contribution in [-0.4, -0.2) is 5.84 Å². The van der Waals surface area contributed by atoms with Gasteiger partial charge in [-0.2, -0.15) is 0 Å². The molecule has 0 fully saturated rings. The summed E-state index contributed by atoms with van der Waals surface area (Å²) in [4.78, 5) is 1.11. The number of rotatable bonds is 1. The van der Waals surface area contributed by atoms with E-state index < -0.39 is 0 Å². The Morgan fingerprint density at radius 1 is 1.45 bits per heavy atom. The minimum absolute atomic E-state index is 0.480. The molecule has 0 aromatic carbocycles. The topological polar surface area (TPSA) is 52.5 Å². The molecule has 11 heavy (non-hydrogen) atoms. The minimum Gasteiger partial charge on any atom is -0.382 e. The van der Waals surface area contributed by atoms with E-state index in [4.69, 9.17) is 5.73 Å². The van der Waals surface area contributed by atoms with Gasteiger partial charge in [-0.1, -0.05) is 6.07 Å². The van der Waals surface area contributed by atoms with Crippen LogP contribution in [0.3, 0.4) is 0 Å². The van der Waals surface area contributed by atoms with Crippen LogP contribution < -0.4 is 11.2 Å². The Morgan fingerprint density at radius 3 is 2.91 bits per heavy atom. The lowest BCUT2D eigenvalue weighted by Gasteiger charge is -1.90. The van der Waals surface area contributed by atoms with E-state index in [2.05, 4.69) is 10.5 Å². The van der Waals surface area contributed by atoms with Gasteiger partial charge in [-0.25, -0.2) is 0 Å². The first-order valence-electron chi connectivity index (χ1n) is 3.16. The van der Waals surface area contributed by atoms with Crippen LogP contribution in [0.25, 0.3) is 5.70 Å². The quantitative estimate of drug-likeness (QED) is 0.660. The molecule has 1 aliphatic heterocycles. The van der Waals surface area contributed by atoms with E-state index in [0.29, 0.717) is 5.84 Å². The van der Waals surface area contributed by atoms with E-state index in [1.807, 2.05) is 17.5 Å². The summed E-state index contributed by atoms with van der Waals surface area (Å²) in [5, 5.41) is 5.71. The average Bonchev–Trinajstić information content (AvgIpc) is 2.55. The average molecular weight is 164 g/mol. The summed E-state index contributed by atoms with van der Waals surface area (Å²) in [6.07, 6.45) is 1.77. The van der Waals surface area contributed by atoms with Crippen molar-refractivity contribution in [3.8, 4) is 0 Å². The monoisotopic (exact) mass is 164 g/mol. The highest BCUT2D eigenvalue weighted by atomic mass is 32.1. The van der Waals surface area contributed by atoms with Gasteiger partial charge >= 0.3 is 0 Å². The molecule has 3 nitrogen and oxygen atoms in total. The van der Waals surface area contributed by atoms with Crippen LogP contribution in [0.4, 0.5) is 0 Å². The Labute approximate surface area is 68.2 Å². The zero-order valence-corrected chi connectivity index (χ0v) is 6.51. The molecule has 1 radical (unpaired) electrons. The summed E-state index contributed by atoms with van der Waals surface area (Å²) in [5.41, 5.74) is 10.2. The van der Waals surface area contributed by atoms with E-state index in [-0.39, 0.29) is 0 Å². The van der Waals surface area contributed by atoms with Crippen molar-refractivity contribution in [2.75, 3.05) is 0 Å². The maximum atomic E-state index is 5.42. The van der Waals surface area contributed by atoms with E-state index in [0.717, 1.165) is 10.6 Å². The number of hydrogen-bond donors (Lipinski definition) is 1. The van der Waals surface area contributed by atoms with E-state index >= 15 is 0 Å². The highest BCUT2D eigenvalue weighted by Crippen LogP contribution is 2.20. The molecule has 0 spiro atoms. The molecular formula is C7H6N3S. The van der Waals surface area contributed by atoms with E-state index in [9.17, 15) is 0 Å². The molecule has 0 atom stereocenters. The first kappa shape index (κ1) is 6.42. The summed E-state index contributed by atoms with van der Waals surface area (Å²) in [5.74, 6) is 0.480. The Bertz CT molecular complexity index is 310. The second-order valence-corrected chi connectivity index (χ2v) is 3.08. The molecule has 0 saturated heterocycles. The normalized spacial score (nSPS) is 15.6. The Morgan fingerprint density at radius 2 is 2.36 bits per heavy atom. The van der Waals surface area contributed by atoms with E-state index in [1.165, 1.54) is 0 Å². The van der Waals surface area contributed by atoms with Crippen molar-refractivity contribution in [2.24, 2.45) is 10.8 Å². The molecule has 1 aliphatic rings. The number of hydrogen-bond acceptors (Lipinski definition) is 3. The predicted octanol–water partition coefficient (Wildman–Crippen LogP) is 0.979. The second kappa shape index (κ2) is 2.39. The van der Waals surface area contributed by atoms with Gasteiger partial charge in [0.15, 0.2) is 0 Å². The van der Waals surface area contributed by atoms with Crippen molar-refractivity contribution in [1.82, 2.24) is 5.43 Å². The Balaban J connectivity index is 2.28. The lowest BCUT2D eigenvalue weighted by Crippen LogP contribution is -2.04. The summed E-state index contributed by atoms with van der Waals surface area (Å²) >= 11 is 1.63. The molecule has 4 heteroatoms. The van der Waals surface area contributed by atoms with Crippen LogP contribution in [0.15, 0.2) is 28.7 Å². The predicted molar refractivity (Wildman–Crippen MR) is 46.1 cm³/mol. The Kier molecular flexibility index (Phi) is 1.40. The third-order valence-corrected chi connectivity index (χ3v) is 2.22. The van der Waals surface area contributed by atoms with Crippen molar-refractivity contribution >= 4 is 22.9 Å². The zero-order chi connectivity index (χ0) is 7.68. The maximum absolute atomic E-state index is 5.42.